The van der Waals surface area contributed by atoms with Crippen LogP contribution < -0.4 is 56.5 Å². The maximum atomic E-state index is 9.49. The number of hydrogen-bond acceptors (Lipinski definition) is 2. The molecular formula is C12H14KNO2. The van der Waals surface area contributed by atoms with E-state index in [1.165, 1.54) is 10.9 Å². The predicted octanol–water partition coefficient (Wildman–Crippen LogP) is -1.29. The van der Waals surface area contributed by atoms with Crippen molar-refractivity contribution in [3.05, 3.63) is 36.5 Å². The van der Waals surface area contributed by atoms with Crippen LogP contribution in [0.3, 0.4) is 0 Å². The van der Waals surface area contributed by atoms with Crippen LogP contribution in [0.2, 0.25) is 0 Å². The Morgan fingerprint density at radius 2 is 2.00 bits per heavy atom. The Morgan fingerprint density at radius 3 is 2.50 bits per heavy atom. The number of carboxylic acid groups (broad SMARTS) is 1. The SMILES string of the molecule is CCCC(=O)[O-].[K+].c1ccc2[nH]ccc2c1. The van der Waals surface area contributed by atoms with Crippen molar-refractivity contribution in [3.8, 4) is 0 Å². The topological polar surface area (TPSA) is 55.9 Å². The molecule has 1 aromatic carbocycles. The van der Waals surface area contributed by atoms with Gasteiger partial charge in [0.15, 0.2) is 0 Å². The molecule has 2 rings (SSSR count). The Bertz CT molecular complexity index is 395. The summed E-state index contributed by atoms with van der Waals surface area (Å²) < 4.78 is 0. The van der Waals surface area contributed by atoms with E-state index >= 15 is 0 Å². The third-order valence-corrected chi connectivity index (χ3v) is 1.92. The smallest absolute Gasteiger partial charge is 0.550 e. The fourth-order valence-electron chi connectivity index (χ4n) is 1.20. The number of hydrogen-bond donors (Lipinski definition) is 1. The van der Waals surface area contributed by atoms with Crippen LogP contribution >= 0.6 is 0 Å². The van der Waals surface area contributed by atoms with Crippen molar-refractivity contribution >= 4 is 16.9 Å². The molecule has 0 aliphatic carbocycles. The molecule has 1 aromatic heterocycles. The molecule has 4 heteroatoms. The van der Waals surface area contributed by atoms with Crippen LogP contribution in [0.15, 0.2) is 36.5 Å². The minimum absolute atomic E-state index is 0. The Morgan fingerprint density at radius 1 is 1.31 bits per heavy atom. The second-order valence-electron chi connectivity index (χ2n) is 3.19. The van der Waals surface area contributed by atoms with Crippen molar-refractivity contribution in [1.82, 2.24) is 4.98 Å². The van der Waals surface area contributed by atoms with Gasteiger partial charge in [-0.2, -0.15) is 0 Å². The molecule has 0 atom stereocenters. The number of aromatic nitrogens is 1. The van der Waals surface area contributed by atoms with Crippen molar-refractivity contribution in [2.45, 2.75) is 19.8 Å². The minimum atomic E-state index is -0.961. The van der Waals surface area contributed by atoms with E-state index in [-0.39, 0.29) is 57.8 Å². The number of carboxylic acids is 1. The number of rotatable bonds is 2. The van der Waals surface area contributed by atoms with E-state index in [9.17, 15) is 9.90 Å². The Balaban J connectivity index is 0.000000289. The van der Waals surface area contributed by atoms with E-state index in [4.69, 9.17) is 0 Å². The number of aliphatic carboxylic acids is 1. The third kappa shape index (κ3) is 5.82. The fourth-order valence-corrected chi connectivity index (χ4v) is 1.20. The monoisotopic (exact) mass is 243 g/mol. The average Bonchev–Trinajstić information content (AvgIpc) is 2.65. The molecule has 0 bridgehead atoms. The number of aromatic amines is 1. The van der Waals surface area contributed by atoms with Gasteiger partial charge in [0.05, 0.1) is 0 Å². The molecule has 0 fully saturated rings. The summed E-state index contributed by atoms with van der Waals surface area (Å²) in [5.41, 5.74) is 1.21. The van der Waals surface area contributed by atoms with Crippen molar-refractivity contribution in [2.24, 2.45) is 0 Å². The fraction of sp³-hybridized carbons (Fsp3) is 0.250. The summed E-state index contributed by atoms with van der Waals surface area (Å²) in [6, 6.07) is 10.3. The standard InChI is InChI=1S/C8H7N.C4H8O2.K/c1-2-4-8-7(3-1)5-6-9-8;1-2-3-4(5)6;/h1-6,9H;2-3H2,1H3,(H,5,6);/q;;+1/p-1. The number of fused-ring (bicyclic) bond motifs is 1. The van der Waals surface area contributed by atoms with E-state index in [1.807, 2.05) is 18.3 Å². The maximum absolute atomic E-state index is 9.49. The van der Waals surface area contributed by atoms with Gasteiger partial charge in [0, 0.05) is 17.7 Å². The molecule has 1 N–H and O–H groups in total. The number of carbonyl (C=O) groups excluding carboxylic acids is 1. The average molecular weight is 243 g/mol. The molecule has 0 spiro atoms. The van der Waals surface area contributed by atoms with Gasteiger partial charge in [-0.1, -0.05) is 31.5 Å². The molecule has 80 valence electrons. The molecule has 16 heavy (non-hydrogen) atoms. The Hall–Kier alpha value is -0.134. The van der Waals surface area contributed by atoms with Gasteiger partial charge < -0.3 is 14.9 Å². The van der Waals surface area contributed by atoms with E-state index in [0.717, 1.165) is 0 Å². The van der Waals surface area contributed by atoms with E-state index < -0.39 is 5.97 Å². The second-order valence-corrected chi connectivity index (χ2v) is 3.19. The van der Waals surface area contributed by atoms with Crippen molar-refractivity contribution in [3.63, 3.8) is 0 Å². The normalized spacial score (nSPS) is 8.81. The van der Waals surface area contributed by atoms with Crippen LogP contribution in [-0.2, 0) is 4.79 Å². The molecule has 3 nitrogen and oxygen atoms in total. The van der Waals surface area contributed by atoms with Gasteiger partial charge in [-0.15, -0.1) is 0 Å². The first-order valence-electron chi connectivity index (χ1n) is 4.96. The first kappa shape index (κ1) is 15.9. The van der Waals surface area contributed by atoms with Gasteiger partial charge >= 0.3 is 51.4 Å². The second kappa shape index (κ2) is 8.95. The molecule has 0 saturated heterocycles. The van der Waals surface area contributed by atoms with Crippen LogP contribution in [0.1, 0.15) is 19.8 Å². The summed E-state index contributed by atoms with van der Waals surface area (Å²) in [6.07, 6.45) is 2.80. The third-order valence-electron chi connectivity index (χ3n) is 1.92. The number of para-hydroxylation sites is 1. The molecule has 2 aromatic rings. The van der Waals surface area contributed by atoms with Gasteiger partial charge in [-0.3, -0.25) is 0 Å². The van der Waals surface area contributed by atoms with Crippen LogP contribution in [-0.4, -0.2) is 11.0 Å². The van der Waals surface area contributed by atoms with E-state index in [2.05, 4.69) is 23.2 Å². The van der Waals surface area contributed by atoms with Crippen LogP contribution in [0.5, 0.6) is 0 Å². The Kier molecular flexibility index (Phi) is 8.88. The zero-order valence-corrected chi connectivity index (χ0v) is 12.8. The first-order chi connectivity index (χ1) is 7.24. The number of carbonyl (C=O) groups is 1. The van der Waals surface area contributed by atoms with Gasteiger partial charge in [0.25, 0.3) is 0 Å². The zero-order valence-electron chi connectivity index (χ0n) is 9.69. The summed E-state index contributed by atoms with van der Waals surface area (Å²) in [7, 11) is 0. The van der Waals surface area contributed by atoms with Gasteiger partial charge in [-0.05, 0) is 23.9 Å². The molecule has 0 aliphatic heterocycles. The first-order valence-corrected chi connectivity index (χ1v) is 4.96. The molecule has 0 saturated carbocycles. The summed E-state index contributed by atoms with van der Waals surface area (Å²) in [4.78, 5) is 12.6. The molecule has 0 unspecified atom stereocenters. The van der Waals surface area contributed by atoms with Crippen LogP contribution in [0.4, 0.5) is 0 Å². The molecule has 0 radical (unpaired) electrons. The van der Waals surface area contributed by atoms with Crippen molar-refractivity contribution in [2.75, 3.05) is 0 Å². The number of benzene rings is 1. The van der Waals surface area contributed by atoms with E-state index in [1.54, 1.807) is 6.92 Å². The minimum Gasteiger partial charge on any atom is -0.550 e. The quantitative estimate of drug-likeness (QED) is 0.667. The predicted molar refractivity (Wildman–Crippen MR) is 58.2 cm³/mol. The van der Waals surface area contributed by atoms with Gasteiger partial charge in [0.1, 0.15) is 0 Å². The molecular weight excluding hydrogens is 229 g/mol. The zero-order chi connectivity index (χ0) is 11.1. The number of nitrogens with one attached hydrogen (secondary N) is 1. The summed E-state index contributed by atoms with van der Waals surface area (Å²) in [6.45, 7) is 1.80. The largest absolute Gasteiger partial charge is 1.00 e. The molecule has 0 amide bonds. The summed E-state index contributed by atoms with van der Waals surface area (Å²) in [5, 5.41) is 10.8. The van der Waals surface area contributed by atoms with Gasteiger partial charge in [-0.25, -0.2) is 0 Å². The van der Waals surface area contributed by atoms with Crippen molar-refractivity contribution < 1.29 is 61.3 Å². The molecule has 0 aliphatic rings. The van der Waals surface area contributed by atoms with Crippen LogP contribution in [0, 0.1) is 0 Å². The summed E-state index contributed by atoms with van der Waals surface area (Å²) in [5.74, 6) is -0.961. The summed E-state index contributed by atoms with van der Waals surface area (Å²) >= 11 is 0. The Labute approximate surface area is 138 Å². The van der Waals surface area contributed by atoms with Crippen LogP contribution in [0.25, 0.3) is 10.9 Å². The van der Waals surface area contributed by atoms with Gasteiger partial charge in [0.2, 0.25) is 0 Å². The van der Waals surface area contributed by atoms with E-state index in [0.29, 0.717) is 6.42 Å². The number of H-pyrrole nitrogens is 1. The van der Waals surface area contributed by atoms with Crippen molar-refractivity contribution in [1.29, 1.82) is 0 Å². The molecule has 1 heterocycles. The maximum Gasteiger partial charge on any atom is 1.00 e.